The molecule has 0 spiro atoms. The number of nitrogens with zero attached hydrogens (tertiary/aromatic N) is 1. The van der Waals surface area contributed by atoms with Gasteiger partial charge in [-0.15, -0.1) is 0 Å². The molecule has 6 N–H and O–H groups in total. The minimum absolute atomic E-state index is 0.211. The molecular weight excluding hydrogens is 248 g/mol. The van der Waals surface area contributed by atoms with E-state index in [1.165, 1.54) is 32.1 Å². The van der Waals surface area contributed by atoms with Crippen LogP contribution in [0, 0.1) is 0 Å². The summed E-state index contributed by atoms with van der Waals surface area (Å²) in [4.78, 5) is 2.44. The number of nitrogens with two attached hydrogens (primary N) is 3. The highest BCUT2D eigenvalue weighted by atomic mass is 15.2. The van der Waals surface area contributed by atoms with E-state index in [1.807, 2.05) is 18.2 Å². The maximum atomic E-state index is 6.17. The summed E-state index contributed by atoms with van der Waals surface area (Å²) < 4.78 is 0. The molecule has 1 fully saturated rings. The molecule has 0 amide bonds. The number of rotatable bonds is 5. The number of anilines is 3. The highest BCUT2D eigenvalue weighted by Gasteiger charge is 2.23. The number of hydrogen-bond donors (Lipinski definition) is 3. The fourth-order valence-corrected chi connectivity index (χ4v) is 3.04. The van der Waals surface area contributed by atoms with Crippen LogP contribution in [0.1, 0.15) is 45.4 Å². The fourth-order valence-electron chi connectivity index (χ4n) is 3.04. The molecule has 2 rings (SSSR count). The first-order valence-electron chi connectivity index (χ1n) is 7.75. The van der Waals surface area contributed by atoms with Crippen LogP contribution in [0.15, 0.2) is 18.2 Å². The van der Waals surface area contributed by atoms with Crippen molar-refractivity contribution in [3.8, 4) is 0 Å². The van der Waals surface area contributed by atoms with Gasteiger partial charge in [0.05, 0.1) is 11.4 Å². The van der Waals surface area contributed by atoms with E-state index >= 15 is 0 Å². The maximum Gasteiger partial charge on any atom is 0.0623 e. The van der Waals surface area contributed by atoms with Crippen LogP contribution in [-0.4, -0.2) is 18.6 Å². The summed E-state index contributed by atoms with van der Waals surface area (Å²) in [6.07, 6.45) is 7.43. The second-order valence-corrected chi connectivity index (χ2v) is 6.07. The summed E-state index contributed by atoms with van der Waals surface area (Å²) in [5, 5.41) is 0. The van der Waals surface area contributed by atoms with E-state index in [0.29, 0.717) is 6.04 Å². The van der Waals surface area contributed by atoms with Crippen molar-refractivity contribution in [1.82, 2.24) is 0 Å². The summed E-state index contributed by atoms with van der Waals surface area (Å²) in [5.41, 5.74) is 20.7. The molecule has 1 aliphatic carbocycles. The zero-order valence-electron chi connectivity index (χ0n) is 12.5. The van der Waals surface area contributed by atoms with Crippen LogP contribution in [0.5, 0.6) is 0 Å². The normalized spacial score (nSPS) is 17.9. The molecule has 20 heavy (non-hydrogen) atoms. The van der Waals surface area contributed by atoms with E-state index in [2.05, 4.69) is 11.8 Å². The average Bonchev–Trinajstić information content (AvgIpc) is 2.43. The van der Waals surface area contributed by atoms with E-state index < -0.39 is 0 Å². The van der Waals surface area contributed by atoms with Crippen LogP contribution < -0.4 is 22.1 Å². The Labute approximate surface area is 122 Å². The molecule has 1 aromatic rings. The van der Waals surface area contributed by atoms with Gasteiger partial charge in [-0.05, 0) is 44.4 Å². The predicted octanol–water partition coefficient (Wildman–Crippen LogP) is 2.73. The van der Waals surface area contributed by atoms with Gasteiger partial charge in [-0.1, -0.05) is 19.3 Å². The van der Waals surface area contributed by atoms with Gasteiger partial charge in [0.2, 0.25) is 0 Å². The molecule has 1 aromatic carbocycles. The summed E-state index contributed by atoms with van der Waals surface area (Å²) in [6, 6.07) is 6.57. The minimum Gasteiger partial charge on any atom is -0.399 e. The second-order valence-electron chi connectivity index (χ2n) is 6.07. The molecule has 4 nitrogen and oxygen atoms in total. The van der Waals surface area contributed by atoms with Gasteiger partial charge in [0.25, 0.3) is 0 Å². The van der Waals surface area contributed by atoms with Gasteiger partial charge in [-0.25, -0.2) is 0 Å². The highest BCUT2D eigenvalue weighted by Crippen LogP contribution is 2.32. The second kappa shape index (κ2) is 6.84. The maximum absolute atomic E-state index is 6.17. The van der Waals surface area contributed by atoms with E-state index in [4.69, 9.17) is 17.2 Å². The van der Waals surface area contributed by atoms with Crippen molar-refractivity contribution in [2.45, 2.75) is 57.5 Å². The molecule has 0 aromatic heterocycles. The third kappa shape index (κ3) is 3.79. The third-order valence-corrected chi connectivity index (χ3v) is 4.20. The number of hydrogen-bond acceptors (Lipinski definition) is 4. The largest absolute Gasteiger partial charge is 0.399 e. The molecular formula is C16H28N4. The van der Waals surface area contributed by atoms with Crippen molar-refractivity contribution >= 4 is 17.1 Å². The molecule has 0 radical (unpaired) electrons. The van der Waals surface area contributed by atoms with Crippen molar-refractivity contribution in [1.29, 1.82) is 0 Å². The SMILES string of the molecule is CC(N)CCN(c1cc(N)ccc1N)C1CCCCC1. The Kier molecular flexibility index (Phi) is 5.12. The van der Waals surface area contributed by atoms with Crippen LogP contribution in [0.25, 0.3) is 0 Å². The van der Waals surface area contributed by atoms with Gasteiger partial charge >= 0.3 is 0 Å². The first-order chi connectivity index (χ1) is 9.58. The standard InChI is InChI=1S/C16H28N4/c1-12(17)9-10-20(14-5-3-2-4-6-14)16-11-13(18)7-8-15(16)19/h7-8,11-12,14H,2-6,9-10,17-19H2,1H3. The molecule has 4 heteroatoms. The molecule has 0 heterocycles. The zero-order chi connectivity index (χ0) is 14.5. The van der Waals surface area contributed by atoms with E-state index in [1.54, 1.807) is 0 Å². The monoisotopic (exact) mass is 276 g/mol. The Morgan fingerprint density at radius 1 is 1.20 bits per heavy atom. The van der Waals surface area contributed by atoms with Crippen LogP contribution in [0.4, 0.5) is 17.1 Å². The molecule has 0 bridgehead atoms. The lowest BCUT2D eigenvalue weighted by Crippen LogP contribution is -2.39. The Morgan fingerprint density at radius 2 is 1.90 bits per heavy atom. The topological polar surface area (TPSA) is 81.3 Å². The Balaban J connectivity index is 2.21. The van der Waals surface area contributed by atoms with Crippen molar-refractivity contribution in [2.24, 2.45) is 5.73 Å². The van der Waals surface area contributed by atoms with Gasteiger partial charge in [-0.2, -0.15) is 0 Å². The van der Waals surface area contributed by atoms with Gasteiger partial charge in [-0.3, -0.25) is 0 Å². The van der Waals surface area contributed by atoms with Gasteiger partial charge < -0.3 is 22.1 Å². The van der Waals surface area contributed by atoms with Crippen molar-refractivity contribution in [2.75, 3.05) is 22.9 Å². The Morgan fingerprint density at radius 3 is 2.55 bits per heavy atom. The van der Waals surface area contributed by atoms with E-state index in [0.717, 1.165) is 30.0 Å². The molecule has 0 saturated heterocycles. The van der Waals surface area contributed by atoms with Gasteiger partial charge in [0.1, 0.15) is 0 Å². The summed E-state index contributed by atoms with van der Waals surface area (Å²) in [5.74, 6) is 0. The average molecular weight is 276 g/mol. The molecule has 1 saturated carbocycles. The van der Waals surface area contributed by atoms with E-state index in [-0.39, 0.29) is 6.04 Å². The molecule has 0 aliphatic heterocycles. The summed E-state index contributed by atoms with van der Waals surface area (Å²) in [7, 11) is 0. The highest BCUT2D eigenvalue weighted by molar-refractivity contribution is 5.72. The molecule has 1 aliphatic rings. The lowest BCUT2D eigenvalue weighted by molar-refractivity contribution is 0.409. The predicted molar refractivity (Wildman–Crippen MR) is 87.8 cm³/mol. The lowest BCUT2D eigenvalue weighted by Gasteiger charge is -2.37. The van der Waals surface area contributed by atoms with E-state index in [9.17, 15) is 0 Å². The quantitative estimate of drug-likeness (QED) is 0.722. The summed E-state index contributed by atoms with van der Waals surface area (Å²) >= 11 is 0. The van der Waals surface area contributed by atoms with Crippen LogP contribution in [-0.2, 0) is 0 Å². The van der Waals surface area contributed by atoms with Crippen molar-refractivity contribution in [3.05, 3.63) is 18.2 Å². The Bertz CT molecular complexity index is 424. The van der Waals surface area contributed by atoms with Gasteiger partial charge in [0, 0.05) is 24.3 Å². The lowest BCUT2D eigenvalue weighted by atomic mass is 9.93. The summed E-state index contributed by atoms with van der Waals surface area (Å²) in [6.45, 7) is 3.01. The molecule has 1 unspecified atom stereocenters. The van der Waals surface area contributed by atoms with Crippen LogP contribution in [0.3, 0.4) is 0 Å². The van der Waals surface area contributed by atoms with Gasteiger partial charge in [0.15, 0.2) is 0 Å². The fraction of sp³-hybridized carbons (Fsp3) is 0.625. The Hall–Kier alpha value is -1.42. The number of benzene rings is 1. The molecule has 1 atom stereocenters. The zero-order valence-corrected chi connectivity index (χ0v) is 12.5. The first-order valence-corrected chi connectivity index (χ1v) is 7.75. The third-order valence-electron chi connectivity index (χ3n) is 4.20. The smallest absolute Gasteiger partial charge is 0.0623 e. The first kappa shape index (κ1) is 15.0. The van der Waals surface area contributed by atoms with Crippen LogP contribution >= 0.6 is 0 Å². The van der Waals surface area contributed by atoms with Crippen molar-refractivity contribution in [3.63, 3.8) is 0 Å². The van der Waals surface area contributed by atoms with Crippen LogP contribution in [0.2, 0.25) is 0 Å². The van der Waals surface area contributed by atoms with Crippen molar-refractivity contribution < 1.29 is 0 Å². The number of nitrogen functional groups attached to an aromatic ring is 2. The minimum atomic E-state index is 0.211. The molecule has 112 valence electrons.